The van der Waals surface area contributed by atoms with Gasteiger partial charge < -0.3 is 18.5 Å². The van der Waals surface area contributed by atoms with Gasteiger partial charge in [0.1, 0.15) is 0 Å². The number of para-hydroxylation sites is 1. The van der Waals surface area contributed by atoms with Gasteiger partial charge in [0, 0.05) is 30.0 Å². The highest BCUT2D eigenvalue weighted by molar-refractivity contribution is 6.76. The predicted octanol–water partition coefficient (Wildman–Crippen LogP) is 5.49. The lowest BCUT2D eigenvalue weighted by molar-refractivity contribution is -0.548. The van der Waals surface area contributed by atoms with Crippen LogP contribution < -0.4 is 24.0 Å². The van der Waals surface area contributed by atoms with Crippen molar-refractivity contribution >= 4 is 12.1 Å². The third-order valence-electron chi connectivity index (χ3n) is 6.86. The molecule has 0 fully saturated rings. The van der Waals surface area contributed by atoms with E-state index in [1.54, 1.807) is 19.5 Å². The van der Waals surface area contributed by atoms with E-state index in [-0.39, 0.29) is 0 Å². The summed E-state index contributed by atoms with van der Waals surface area (Å²) in [6, 6.07) is 32.6. The zero-order valence-electron chi connectivity index (χ0n) is 21.1. The zero-order chi connectivity index (χ0) is 25.4. The Hall–Kier alpha value is -4.58. The Morgan fingerprint density at radius 1 is 0.676 bits per heavy atom. The van der Waals surface area contributed by atoms with Crippen molar-refractivity contribution < 1.29 is 18.5 Å². The Kier molecular flexibility index (Phi) is 5.65. The molecule has 0 amide bonds. The quantitative estimate of drug-likeness (QED) is 0.310. The highest BCUT2D eigenvalue weighted by Gasteiger charge is 2.57. The fourth-order valence-corrected chi connectivity index (χ4v) is 5.24. The monoisotopic (exact) mass is 486 g/mol. The first-order valence-electron chi connectivity index (χ1n) is 12.4. The molecule has 37 heavy (non-hydrogen) atoms. The molecule has 0 atom stereocenters. The minimum Gasteiger partial charge on any atom is -0.618 e. The van der Waals surface area contributed by atoms with Crippen LogP contribution in [-0.2, 0) is 0 Å². The van der Waals surface area contributed by atoms with Crippen LogP contribution in [0.4, 0.5) is 0 Å². The molecule has 182 valence electrons. The first kappa shape index (κ1) is 22.9. The van der Waals surface area contributed by atoms with E-state index >= 15 is 0 Å². The lowest BCUT2D eigenvalue weighted by Crippen LogP contribution is -2.83. The second-order valence-corrected chi connectivity index (χ2v) is 9.34. The Bertz CT molecular complexity index is 1500. The molecule has 2 aromatic heterocycles. The lowest BCUT2D eigenvalue weighted by Gasteiger charge is -2.45. The second kappa shape index (κ2) is 9.14. The van der Waals surface area contributed by atoms with E-state index in [1.165, 1.54) is 11.1 Å². The van der Waals surface area contributed by atoms with Gasteiger partial charge in [0.2, 0.25) is 0 Å². The number of aryl methyl sites for hydroxylation is 2. The topological polar surface area (TPSA) is 44.5 Å². The van der Waals surface area contributed by atoms with Crippen LogP contribution in [0.25, 0.3) is 22.5 Å². The Balaban J connectivity index is 0.000000372. The molecule has 6 heteroatoms. The summed E-state index contributed by atoms with van der Waals surface area (Å²) in [6.45, 7) is 2.08. The molecule has 0 bridgehead atoms. The Labute approximate surface area is 216 Å². The van der Waals surface area contributed by atoms with Gasteiger partial charge in [-0.05, 0) is 62.4 Å². The van der Waals surface area contributed by atoms with Gasteiger partial charge in [-0.1, -0.05) is 47.5 Å². The summed E-state index contributed by atoms with van der Waals surface area (Å²) < 4.78 is 21.6. The second-order valence-electron chi connectivity index (χ2n) is 9.34. The minimum absolute atomic E-state index is 0.738. The molecule has 0 radical (unpaired) electrons. The van der Waals surface area contributed by atoms with Gasteiger partial charge in [-0.3, -0.25) is 4.98 Å². The molecule has 2 aliphatic heterocycles. The van der Waals surface area contributed by atoms with Gasteiger partial charge in [0.25, 0.3) is 0 Å². The van der Waals surface area contributed by atoms with Gasteiger partial charge >= 0.3 is 6.69 Å². The third-order valence-corrected chi connectivity index (χ3v) is 6.86. The van der Waals surface area contributed by atoms with Crippen molar-refractivity contribution in [3.8, 4) is 39.8 Å². The molecular formula is C31H27BN2O3. The van der Waals surface area contributed by atoms with E-state index in [2.05, 4.69) is 65.8 Å². The van der Waals surface area contributed by atoms with Crippen molar-refractivity contribution in [1.29, 1.82) is 0 Å². The molecule has 0 saturated heterocycles. The number of hydrogen-bond donors (Lipinski definition) is 0. The highest BCUT2D eigenvalue weighted by Crippen LogP contribution is 2.42. The van der Waals surface area contributed by atoms with Crippen LogP contribution in [0.5, 0.6) is 17.2 Å². The molecule has 0 saturated carbocycles. The SMILES string of the molecule is COc1ccccc1[B-]12Oc3ccc(C)cc3-c3cccc([n+]31)-c1cc(C)ccc1O2.c1ccncc1. The number of pyridine rings is 2. The average Bonchev–Trinajstić information content (AvgIpc) is 2.95. The number of methoxy groups -OCH3 is 1. The van der Waals surface area contributed by atoms with Crippen molar-refractivity contribution in [2.45, 2.75) is 13.8 Å². The number of nitrogens with zero attached hydrogens (tertiary/aromatic N) is 2. The van der Waals surface area contributed by atoms with Crippen LogP contribution in [0.1, 0.15) is 11.1 Å². The fourth-order valence-electron chi connectivity index (χ4n) is 5.24. The fraction of sp³-hybridized carbons (Fsp3) is 0.0968. The summed E-state index contributed by atoms with van der Waals surface area (Å²) in [5.74, 6) is 2.36. The van der Waals surface area contributed by atoms with Gasteiger partial charge in [-0.15, -0.1) is 0 Å². The van der Waals surface area contributed by atoms with E-state index in [1.807, 2.05) is 54.6 Å². The largest absolute Gasteiger partial charge is 0.689 e. The average molecular weight is 486 g/mol. The van der Waals surface area contributed by atoms with Crippen LogP contribution in [0, 0.1) is 13.8 Å². The molecule has 3 aromatic carbocycles. The predicted molar refractivity (Wildman–Crippen MR) is 146 cm³/mol. The van der Waals surface area contributed by atoms with E-state index in [9.17, 15) is 0 Å². The maximum absolute atomic E-state index is 6.82. The molecule has 0 spiro atoms. The normalized spacial score (nSPS) is 13.4. The minimum atomic E-state index is -2.12. The molecule has 0 unspecified atom stereocenters. The molecule has 0 aliphatic carbocycles. The maximum atomic E-state index is 6.82. The standard InChI is InChI=1S/C26H22BNO3.C5H5N/c1-17-11-13-24-19(15-17)22-8-6-9-23-20-16-18(2)12-14-25(20)31-27(30-24,28(22)23)21-7-4-5-10-26(21)29-3;1-2-4-6-5-3-1/h4-16H,1-3H3;1-5H. The number of fused-ring (bicyclic) bond motifs is 4. The smallest absolute Gasteiger partial charge is 0.618 e. The van der Waals surface area contributed by atoms with Crippen molar-refractivity contribution in [2.24, 2.45) is 0 Å². The molecule has 7 rings (SSSR count). The summed E-state index contributed by atoms with van der Waals surface area (Å²) in [5, 5.41) is 0. The summed E-state index contributed by atoms with van der Waals surface area (Å²) in [4.78, 5) is 3.78. The highest BCUT2D eigenvalue weighted by atomic mass is 16.6. The number of benzene rings is 3. The maximum Gasteiger partial charge on any atom is 0.689 e. The van der Waals surface area contributed by atoms with E-state index in [0.29, 0.717) is 0 Å². The number of aromatic nitrogens is 2. The zero-order valence-corrected chi connectivity index (χ0v) is 21.1. The van der Waals surface area contributed by atoms with Crippen molar-refractivity contribution in [2.75, 3.05) is 7.11 Å². The molecule has 5 nitrogen and oxygen atoms in total. The van der Waals surface area contributed by atoms with E-state index in [0.717, 1.165) is 45.2 Å². The molecular weight excluding hydrogens is 459 g/mol. The van der Waals surface area contributed by atoms with Gasteiger partial charge in [0.15, 0.2) is 11.4 Å². The van der Waals surface area contributed by atoms with Gasteiger partial charge in [-0.25, -0.2) is 0 Å². The number of rotatable bonds is 2. The molecule has 4 heterocycles. The number of ether oxygens (including phenoxy) is 1. The summed E-state index contributed by atoms with van der Waals surface area (Å²) in [6.07, 6.45) is 3.50. The van der Waals surface area contributed by atoms with Gasteiger partial charge in [0.05, 0.1) is 35.5 Å². The molecule has 2 aliphatic rings. The van der Waals surface area contributed by atoms with E-state index < -0.39 is 6.69 Å². The van der Waals surface area contributed by atoms with Crippen LogP contribution in [0.2, 0.25) is 0 Å². The lowest BCUT2D eigenvalue weighted by atomic mass is 9.59. The summed E-state index contributed by atoms with van der Waals surface area (Å²) >= 11 is 0. The Morgan fingerprint density at radius 3 is 1.78 bits per heavy atom. The first-order chi connectivity index (χ1) is 18.1. The number of hydrogen-bond acceptors (Lipinski definition) is 4. The Morgan fingerprint density at radius 2 is 1.27 bits per heavy atom. The third kappa shape index (κ3) is 3.82. The molecule has 0 N–H and O–H groups in total. The van der Waals surface area contributed by atoms with Crippen LogP contribution >= 0.6 is 0 Å². The van der Waals surface area contributed by atoms with Crippen LogP contribution in [0.15, 0.2) is 109 Å². The van der Waals surface area contributed by atoms with Crippen molar-refractivity contribution in [3.63, 3.8) is 0 Å². The van der Waals surface area contributed by atoms with Crippen LogP contribution in [-0.4, -0.2) is 18.8 Å². The summed E-state index contributed by atoms with van der Waals surface area (Å²) in [7, 11) is 1.68. The van der Waals surface area contributed by atoms with Crippen LogP contribution in [0.3, 0.4) is 0 Å². The first-order valence-corrected chi connectivity index (χ1v) is 12.4. The van der Waals surface area contributed by atoms with Crippen molar-refractivity contribution in [1.82, 2.24) is 4.98 Å². The molecule has 5 aromatic rings. The summed E-state index contributed by atoms with van der Waals surface area (Å²) in [5.41, 5.74) is 7.52. The van der Waals surface area contributed by atoms with Gasteiger partial charge in [-0.2, -0.15) is 0 Å². The van der Waals surface area contributed by atoms with Crippen molar-refractivity contribution in [3.05, 3.63) is 121 Å². The van der Waals surface area contributed by atoms with E-state index in [4.69, 9.17) is 14.0 Å².